The van der Waals surface area contributed by atoms with Crippen LogP contribution < -0.4 is 0 Å². The summed E-state index contributed by atoms with van der Waals surface area (Å²) in [5.74, 6) is -0.379. The van der Waals surface area contributed by atoms with E-state index in [0.29, 0.717) is 10.7 Å². The summed E-state index contributed by atoms with van der Waals surface area (Å²) < 4.78 is 4.84. The van der Waals surface area contributed by atoms with E-state index in [1.165, 1.54) is 7.11 Å². The fourth-order valence-electron chi connectivity index (χ4n) is 2.10. The molecule has 0 saturated carbocycles. The lowest BCUT2D eigenvalue weighted by atomic mass is 10.1. The lowest BCUT2D eigenvalue weighted by Gasteiger charge is -2.00. The van der Waals surface area contributed by atoms with E-state index in [0.717, 1.165) is 21.3 Å². The molecule has 3 aromatic rings. The minimum atomic E-state index is -0.379. The Balaban J connectivity index is 2.36. The molecule has 5 heteroatoms. The van der Waals surface area contributed by atoms with E-state index in [4.69, 9.17) is 16.3 Å². The summed E-state index contributed by atoms with van der Waals surface area (Å²) in [5, 5.41) is 3.54. The summed E-state index contributed by atoms with van der Waals surface area (Å²) in [6.07, 6.45) is 0. The molecule has 19 heavy (non-hydrogen) atoms. The number of aromatic nitrogens is 1. The van der Waals surface area contributed by atoms with Gasteiger partial charge in [0.05, 0.1) is 7.11 Å². The Morgan fingerprint density at radius 2 is 2.21 bits per heavy atom. The Bertz CT molecular complexity index is 746. The van der Waals surface area contributed by atoms with Crippen LogP contribution in [0.1, 0.15) is 10.5 Å². The smallest absolute Gasteiger partial charge is 0.355 e. The molecular formula is C14H10ClNO2S. The zero-order valence-electron chi connectivity index (χ0n) is 10.1. The molecule has 0 aliphatic rings. The predicted octanol–water partition coefficient (Wildman–Crippen LogP) is 4.34. The maximum Gasteiger partial charge on any atom is 0.355 e. The van der Waals surface area contributed by atoms with Crippen molar-refractivity contribution in [1.29, 1.82) is 0 Å². The summed E-state index contributed by atoms with van der Waals surface area (Å²) in [6, 6.07) is 9.43. The van der Waals surface area contributed by atoms with Crippen LogP contribution in [0.25, 0.3) is 21.3 Å². The maximum absolute atomic E-state index is 11.9. The highest BCUT2D eigenvalue weighted by Gasteiger charge is 2.20. The lowest BCUT2D eigenvalue weighted by molar-refractivity contribution is 0.0596. The number of ether oxygens (including phenoxy) is 1. The molecule has 0 radical (unpaired) electrons. The summed E-state index contributed by atoms with van der Waals surface area (Å²) in [4.78, 5) is 16.0. The van der Waals surface area contributed by atoms with Crippen molar-refractivity contribution in [1.82, 2.24) is 4.98 Å². The lowest BCUT2D eigenvalue weighted by Crippen LogP contribution is -2.02. The van der Waals surface area contributed by atoms with Crippen molar-refractivity contribution in [3.05, 3.63) is 46.4 Å². The molecule has 96 valence electrons. The second-order valence-corrected chi connectivity index (χ2v) is 5.42. The van der Waals surface area contributed by atoms with E-state index in [-0.39, 0.29) is 5.97 Å². The molecule has 0 atom stereocenters. The van der Waals surface area contributed by atoms with Crippen molar-refractivity contribution in [2.24, 2.45) is 0 Å². The molecule has 3 rings (SSSR count). The predicted molar refractivity (Wildman–Crippen MR) is 78.0 cm³/mol. The number of aromatic amines is 1. The van der Waals surface area contributed by atoms with Gasteiger partial charge in [-0.15, -0.1) is 11.3 Å². The van der Waals surface area contributed by atoms with E-state index in [1.54, 1.807) is 17.4 Å². The van der Waals surface area contributed by atoms with Gasteiger partial charge in [0, 0.05) is 26.4 Å². The number of esters is 1. The number of carbonyl (C=O) groups is 1. The van der Waals surface area contributed by atoms with Gasteiger partial charge in [-0.1, -0.05) is 17.7 Å². The maximum atomic E-state index is 11.9. The number of hydrogen-bond acceptors (Lipinski definition) is 3. The number of thiophene rings is 1. The van der Waals surface area contributed by atoms with E-state index in [1.807, 2.05) is 29.6 Å². The van der Waals surface area contributed by atoms with Crippen LogP contribution in [0.3, 0.4) is 0 Å². The van der Waals surface area contributed by atoms with Crippen LogP contribution in [-0.2, 0) is 4.74 Å². The summed E-state index contributed by atoms with van der Waals surface area (Å²) >= 11 is 7.62. The van der Waals surface area contributed by atoms with Gasteiger partial charge in [-0.25, -0.2) is 4.79 Å². The zero-order valence-corrected chi connectivity index (χ0v) is 11.6. The van der Waals surface area contributed by atoms with Crippen LogP contribution in [0.2, 0.25) is 5.02 Å². The van der Waals surface area contributed by atoms with E-state index < -0.39 is 0 Å². The third-order valence-corrected chi connectivity index (χ3v) is 4.04. The number of fused-ring (bicyclic) bond motifs is 1. The molecule has 0 aliphatic heterocycles. The molecule has 0 unspecified atom stereocenters. The van der Waals surface area contributed by atoms with Crippen LogP contribution in [0, 0.1) is 0 Å². The molecule has 1 aromatic carbocycles. The molecule has 2 heterocycles. The Hall–Kier alpha value is -1.78. The SMILES string of the molecule is COC(=O)c1[nH]c2ccc(Cl)cc2c1-c1cccs1. The number of carbonyl (C=O) groups excluding carboxylic acids is 1. The quantitative estimate of drug-likeness (QED) is 0.714. The van der Waals surface area contributed by atoms with Gasteiger partial charge in [0.1, 0.15) is 5.69 Å². The third-order valence-electron chi connectivity index (χ3n) is 2.92. The normalized spacial score (nSPS) is 10.8. The van der Waals surface area contributed by atoms with Crippen LogP contribution >= 0.6 is 22.9 Å². The van der Waals surface area contributed by atoms with Gasteiger partial charge in [-0.3, -0.25) is 0 Å². The first-order valence-corrected chi connectivity index (χ1v) is 6.90. The summed E-state index contributed by atoms with van der Waals surface area (Å²) in [6.45, 7) is 0. The number of H-pyrrole nitrogens is 1. The topological polar surface area (TPSA) is 42.1 Å². The van der Waals surface area contributed by atoms with Crippen molar-refractivity contribution in [3.63, 3.8) is 0 Å². The Morgan fingerprint density at radius 1 is 1.37 bits per heavy atom. The number of hydrogen-bond donors (Lipinski definition) is 1. The van der Waals surface area contributed by atoms with E-state index in [2.05, 4.69) is 4.98 Å². The molecule has 0 aliphatic carbocycles. The fraction of sp³-hybridized carbons (Fsp3) is 0.0714. The van der Waals surface area contributed by atoms with Crippen LogP contribution in [0.5, 0.6) is 0 Å². The molecule has 2 aromatic heterocycles. The molecule has 0 spiro atoms. The number of rotatable bonds is 2. The highest BCUT2D eigenvalue weighted by molar-refractivity contribution is 7.13. The fourth-order valence-corrected chi connectivity index (χ4v) is 3.06. The molecule has 0 amide bonds. The highest BCUT2D eigenvalue weighted by atomic mass is 35.5. The standard InChI is InChI=1S/C14H10ClNO2S/c1-18-14(17)13-12(11-3-2-6-19-11)9-7-8(15)4-5-10(9)16-13/h2-7,16H,1H3. The monoisotopic (exact) mass is 291 g/mol. The van der Waals surface area contributed by atoms with Gasteiger partial charge in [-0.05, 0) is 29.6 Å². The van der Waals surface area contributed by atoms with Crippen LogP contribution in [0.4, 0.5) is 0 Å². The van der Waals surface area contributed by atoms with Crippen LogP contribution in [-0.4, -0.2) is 18.1 Å². The van der Waals surface area contributed by atoms with E-state index >= 15 is 0 Å². The second kappa shape index (κ2) is 4.72. The van der Waals surface area contributed by atoms with Gasteiger partial charge in [-0.2, -0.15) is 0 Å². The molecule has 1 N–H and O–H groups in total. The van der Waals surface area contributed by atoms with Crippen molar-refractivity contribution < 1.29 is 9.53 Å². The Kier molecular flexibility index (Phi) is 3.05. The Morgan fingerprint density at radius 3 is 2.89 bits per heavy atom. The van der Waals surface area contributed by atoms with Crippen molar-refractivity contribution >= 4 is 39.8 Å². The van der Waals surface area contributed by atoms with Crippen molar-refractivity contribution in [2.75, 3.05) is 7.11 Å². The highest BCUT2D eigenvalue weighted by Crippen LogP contribution is 2.36. The first kappa shape index (κ1) is 12.3. The molecule has 0 fully saturated rings. The van der Waals surface area contributed by atoms with E-state index in [9.17, 15) is 4.79 Å². The number of halogens is 1. The molecule has 3 nitrogen and oxygen atoms in total. The average molecular weight is 292 g/mol. The largest absolute Gasteiger partial charge is 0.464 e. The average Bonchev–Trinajstić information content (AvgIpc) is 3.03. The minimum Gasteiger partial charge on any atom is -0.464 e. The van der Waals surface area contributed by atoms with Gasteiger partial charge in [0.2, 0.25) is 0 Å². The second-order valence-electron chi connectivity index (χ2n) is 4.03. The third kappa shape index (κ3) is 2.03. The molecule has 0 bridgehead atoms. The van der Waals surface area contributed by atoms with Gasteiger partial charge in [0.15, 0.2) is 0 Å². The van der Waals surface area contributed by atoms with Gasteiger partial charge in [0.25, 0.3) is 0 Å². The van der Waals surface area contributed by atoms with Crippen LogP contribution in [0.15, 0.2) is 35.7 Å². The summed E-state index contributed by atoms with van der Waals surface area (Å²) in [7, 11) is 1.37. The minimum absolute atomic E-state index is 0.379. The van der Waals surface area contributed by atoms with Crippen molar-refractivity contribution in [3.8, 4) is 10.4 Å². The first-order chi connectivity index (χ1) is 9.20. The molecule has 0 saturated heterocycles. The number of nitrogens with one attached hydrogen (secondary N) is 1. The Labute approximate surface area is 118 Å². The first-order valence-electron chi connectivity index (χ1n) is 5.64. The van der Waals surface area contributed by atoms with Crippen molar-refractivity contribution in [2.45, 2.75) is 0 Å². The summed E-state index contributed by atoms with van der Waals surface area (Å²) in [5.41, 5.74) is 2.18. The molecular weight excluding hydrogens is 282 g/mol. The van der Waals surface area contributed by atoms with Gasteiger partial charge >= 0.3 is 5.97 Å². The zero-order chi connectivity index (χ0) is 13.4. The number of methoxy groups -OCH3 is 1. The van der Waals surface area contributed by atoms with Gasteiger partial charge < -0.3 is 9.72 Å². The number of benzene rings is 1.